The van der Waals surface area contributed by atoms with Crippen LogP contribution >= 0.6 is 0 Å². The van der Waals surface area contributed by atoms with E-state index in [0.29, 0.717) is 12.1 Å². The van der Waals surface area contributed by atoms with Crippen LogP contribution in [0.25, 0.3) is 0 Å². The van der Waals surface area contributed by atoms with Crippen molar-refractivity contribution in [3.63, 3.8) is 0 Å². The maximum atomic E-state index is 12.2. The number of nitrogens with zero attached hydrogens (tertiary/aromatic N) is 1. The molecule has 0 unspecified atom stereocenters. The molecule has 1 aromatic rings. The number of aliphatic hydroxyl groups is 1. The van der Waals surface area contributed by atoms with E-state index in [4.69, 9.17) is 9.84 Å². The van der Waals surface area contributed by atoms with Crippen molar-refractivity contribution in [3.8, 4) is 0 Å². The van der Waals surface area contributed by atoms with Crippen LogP contribution in [0.5, 0.6) is 0 Å². The number of ether oxygens (including phenoxy) is 1. The van der Waals surface area contributed by atoms with Gasteiger partial charge in [0.1, 0.15) is 6.61 Å². The van der Waals surface area contributed by atoms with E-state index in [1.165, 1.54) is 23.1 Å². The fraction of sp³-hybridized carbons (Fsp3) is 0.400. The molecule has 0 spiro atoms. The molecule has 0 saturated heterocycles. The second kappa shape index (κ2) is 6.49. The number of imide groups is 1. The Morgan fingerprint density at radius 2 is 1.95 bits per heavy atom. The van der Waals surface area contributed by atoms with Crippen molar-refractivity contribution in [2.24, 2.45) is 0 Å². The lowest BCUT2D eigenvalue weighted by molar-refractivity contribution is 0.0433. The van der Waals surface area contributed by atoms with Crippen molar-refractivity contribution < 1.29 is 24.2 Å². The topological polar surface area (TPSA) is 83.9 Å². The maximum absolute atomic E-state index is 12.2. The normalized spacial score (nSPS) is 13.5. The predicted molar refractivity (Wildman–Crippen MR) is 74.1 cm³/mol. The molecule has 2 amide bonds. The van der Waals surface area contributed by atoms with Gasteiger partial charge in [0.05, 0.1) is 23.3 Å². The lowest BCUT2D eigenvalue weighted by Gasteiger charge is -2.12. The Bertz CT molecular complexity index is 581. The van der Waals surface area contributed by atoms with Crippen LogP contribution < -0.4 is 0 Å². The smallest absolute Gasteiger partial charge is 0.338 e. The van der Waals surface area contributed by atoms with Crippen LogP contribution in [0.3, 0.4) is 0 Å². The van der Waals surface area contributed by atoms with Crippen molar-refractivity contribution in [2.45, 2.75) is 19.8 Å². The summed E-state index contributed by atoms with van der Waals surface area (Å²) in [4.78, 5) is 37.2. The fourth-order valence-electron chi connectivity index (χ4n) is 2.16. The van der Waals surface area contributed by atoms with E-state index in [-0.39, 0.29) is 36.2 Å². The third kappa shape index (κ3) is 2.95. The number of carbonyl (C=O) groups is 3. The molecule has 0 aromatic heterocycles. The van der Waals surface area contributed by atoms with Gasteiger partial charge in [-0.3, -0.25) is 14.5 Å². The summed E-state index contributed by atoms with van der Waals surface area (Å²) < 4.78 is 4.79. The van der Waals surface area contributed by atoms with E-state index >= 15 is 0 Å². The minimum Gasteiger partial charge on any atom is -0.460 e. The van der Waals surface area contributed by atoms with Crippen molar-refractivity contribution in [1.82, 2.24) is 4.90 Å². The number of hydrogen-bond acceptors (Lipinski definition) is 5. The molecule has 0 fully saturated rings. The second-order valence-electron chi connectivity index (χ2n) is 4.74. The molecule has 6 nitrogen and oxygen atoms in total. The summed E-state index contributed by atoms with van der Waals surface area (Å²) in [5.41, 5.74) is 0.741. The molecule has 1 heterocycles. The highest BCUT2D eigenvalue weighted by molar-refractivity contribution is 6.21. The standard InChI is InChI=1S/C15H17NO5/c1-2-3-6-16-13(18)11-5-4-10(9-12(11)14(16)19)15(20)21-8-7-17/h4-5,9,17H,2-3,6-8H2,1H3. The molecule has 2 rings (SSSR count). The van der Waals surface area contributed by atoms with Gasteiger partial charge in [-0.05, 0) is 24.6 Å². The maximum Gasteiger partial charge on any atom is 0.338 e. The van der Waals surface area contributed by atoms with Gasteiger partial charge in [-0.15, -0.1) is 0 Å². The Labute approximate surface area is 122 Å². The largest absolute Gasteiger partial charge is 0.460 e. The summed E-state index contributed by atoms with van der Waals surface area (Å²) in [5.74, 6) is -1.32. The minimum absolute atomic E-state index is 0.106. The van der Waals surface area contributed by atoms with Crippen LogP contribution in [0.2, 0.25) is 0 Å². The average Bonchev–Trinajstić information content (AvgIpc) is 2.74. The van der Waals surface area contributed by atoms with E-state index in [2.05, 4.69) is 0 Å². The number of aliphatic hydroxyl groups excluding tert-OH is 1. The van der Waals surface area contributed by atoms with Crippen LogP contribution in [0, 0.1) is 0 Å². The highest BCUT2D eigenvalue weighted by Crippen LogP contribution is 2.24. The van der Waals surface area contributed by atoms with Crippen LogP contribution in [-0.2, 0) is 4.74 Å². The summed E-state index contributed by atoms with van der Waals surface area (Å²) in [6.07, 6.45) is 1.63. The summed E-state index contributed by atoms with van der Waals surface area (Å²) in [7, 11) is 0. The number of benzene rings is 1. The summed E-state index contributed by atoms with van der Waals surface area (Å²) in [6, 6.07) is 4.30. The quantitative estimate of drug-likeness (QED) is 0.629. The first-order valence-electron chi connectivity index (χ1n) is 6.88. The Morgan fingerprint density at radius 1 is 1.24 bits per heavy atom. The summed E-state index contributed by atoms with van der Waals surface area (Å²) >= 11 is 0. The number of fused-ring (bicyclic) bond motifs is 1. The lowest BCUT2D eigenvalue weighted by atomic mass is 10.1. The van der Waals surface area contributed by atoms with Crippen molar-refractivity contribution in [1.29, 1.82) is 0 Å². The van der Waals surface area contributed by atoms with E-state index in [0.717, 1.165) is 12.8 Å². The Balaban J connectivity index is 2.23. The molecule has 0 saturated carbocycles. The third-order valence-electron chi connectivity index (χ3n) is 3.27. The number of carbonyl (C=O) groups excluding carboxylic acids is 3. The molecule has 6 heteroatoms. The van der Waals surface area contributed by atoms with Gasteiger partial charge >= 0.3 is 5.97 Å². The van der Waals surface area contributed by atoms with Gasteiger partial charge in [-0.2, -0.15) is 0 Å². The van der Waals surface area contributed by atoms with E-state index in [1.54, 1.807) is 0 Å². The molecule has 112 valence electrons. The number of unbranched alkanes of at least 4 members (excludes halogenated alkanes) is 1. The monoisotopic (exact) mass is 291 g/mol. The molecular formula is C15H17NO5. The van der Waals surface area contributed by atoms with Crippen LogP contribution in [0.4, 0.5) is 0 Å². The fourth-order valence-corrected chi connectivity index (χ4v) is 2.16. The minimum atomic E-state index is -0.626. The molecular weight excluding hydrogens is 274 g/mol. The SMILES string of the molecule is CCCCN1C(=O)c2ccc(C(=O)OCCO)cc2C1=O. The van der Waals surface area contributed by atoms with Crippen LogP contribution in [-0.4, -0.2) is 47.5 Å². The molecule has 0 radical (unpaired) electrons. The van der Waals surface area contributed by atoms with Gasteiger partial charge in [0.2, 0.25) is 0 Å². The van der Waals surface area contributed by atoms with E-state index in [1.807, 2.05) is 6.92 Å². The predicted octanol–water partition coefficient (Wildman–Crippen LogP) is 1.23. The van der Waals surface area contributed by atoms with Gasteiger partial charge < -0.3 is 9.84 Å². The Kier molecular flexibility index (Phi) is 4.70. The Morgan fingerprint density at radius 3 is 2.62 bits per heavy atom. The zero-order valence-electron chi connectivity index (χ0n) is 11.8. The molecule has 21 heavy (non-hydrogen) atoms. The molecule has 1 aromatic carbocycles. The number of amides is 2. The first kappa shape index (κ1) is 15.2. The molecule has 0 aliphatic carbocycles. The van der Waals surface area contributed by atoms with Crippen molar-refractivity contribution >= 4 is 17.8 Å². The average molecular weight is 291 g/mol. The van der Waals surface area contributed by atoms with E-state index < -0.39 is 5.97 Å². The zero-order chi connectivity index (χ0) is 15.4. The molecule has 1 aliphatic rings. The van der Waals surface area contributed by atoms with Crippen LogP contribution in [0.15, 0.2) is 18.2 Å². The van der Waals surface area contributed by atoms with Crippen molar-refractivity contribution in [3.05, 3.63) is 34.9 Å². The van der Waals surface area contributed by atoms with Gasteiger partial charge in [-0.1, -0.05) is 13.3 Å². The summed E-state index contributed by atoms with van der Waals surface area (Å²) in [5, 5.41) is 8.63. The zero-order valence-corrected chi connectivity index (χ0v) is 11.8. The highest BCUT2D eigenvalue weighted by atomic mass is 16.5. The van der Waals surface area contributed by atoms with Gasteiger partial charge in [-0.25, -0.2) is 4.79 Å². The lowest BCUT2D eigenvalue weighted by Crippen LogP contribution is -2.30. The first-order chi connectivity index (χ1) is 10.1. The molecule has 0 bridgehead atoms. The van der Waals surface area contributed by atoms with Crippen LogP contribution in [0.1, 0.15) is 50.8 Å². The first-order valence-corrected chi connectivity index (χ1v) is 6.88. The van der Waals surface area contributed by atoms with E-state index in [9.17, 15) is 14.4 Å². The molecule has 0 atom stereocenters. The second-order valence-corrected chi connectivity index (χ2v) is 4.74. The number of hydrogen-bond donors (Lipinski definition) is 1. The molecule has 1 N–H and O–H groups in total. The Hall–Kier alpha value is -2.21. The third-order valence-corrected chi connectivity index (χ3v) is 3.27. The van der Waals surface area contributed by atoms with Gasteiger partial charge in [0.15, 0.2) is 0 Å². The van der Waals surface area contributed by atoms with Gasteiger partial charge in [0.25, 0.3) is 11.8 Å². The number of esters is 1. The summed E-state index contributed by atoms with van der Waals surface area (Å²) in [6.45, 7) is 1.99. The van der Waals surface area contributed by atoms with Gasteiger partial charge in [0, 0.05) is 6.54 Å². The number of rotatable bonds is 6. The highest BCUT2D eigenvalue weighted by Gasteiger charge is 2.35. The molecule has 1 aliphatic heterocycles. The van der Waals surface area contributed by atoms with Crippen molar-refractivity contribution in [2.75, 3.05) is 19.8 Å².